The van der Waals surface area contributed by atoms with Gasteiger partial charge in [0.2, 0.25) is 0 Å². The van der Waals surface area contributed by atoms with Gasteiger partial charge in [-0.05, 0) is 0 Å². The molecule has 1 aromatic rings. The molecule has 0 aromatic carbocycles. The number of nitriles is 1. The van der Waals surface area contributed by atoms with E-state index < -0.39 is 40.9 Å². The van der Waals surface area contributed by atoms with Crippen molar-refractivity contribution >= 4 is 11.6 Å². The standard InChI is InChI=1S/C9H4ClF5N2/c10-7-4(1-2-16)6(9(13,14)15)5(3-17-7)8(11)12/h3,8H,1H2. The molecule has 1 rings (SSSR count). The average Bonchev–Trinajstić information content (AvgIpc) is 2.18. The highest BCUT2D eigenvalue weighted by molar-refractivity contribution is 6.30. The first-order chi connectivity index (χ1) is 7.79. The summed E-state index contributed by atoms with van der Waals surface area (Å²) in [6.07, 6.45) is -8.71. The number of alkyl halides is 5. The summed E-state index contributed by atoms with van der Waals surface area (Å²) >= 11 is 5.38. The topological polar surface area (TPSA) is 36.7 Å². The fraction of sp³-hybridized carbons (Fsp3) is 0.333. The molecule has 0 N–H and O–H groups in total. The molecule has 8 heteroatoms. The van der Waals surface area contributed by atoms with Crippen molar-refractivity contribution in [3.8, 4) is 6.07 Å². The van der Waals surface area contributed by atoms with E-state index in [4.69, 9.17) is 16.9 Å². The van der Waals surface area contributed by atoms with Gasteiger partial charge in [-0.3, -0.25) is 0 Å². The molecule has 0 atom stereocenters. The van der Waals surface area contributed by atoms with Crippen molar-refractivity contribution in [2.24, 2.45) is 0 Å². The maximum Gasteiger partial charge on any atom is 0.417 e. The summed E-state index contributed by atoms with van der Waals surface area (Å²) in [5, 5.41) is 7.78. The minimum absolute atomic E-state index is 0.372. The predicted molar refractivity (Wildman–Crippen MR) is 48.5 cm³/mol. The molecule has 0 saturated carbocycles. The number of rotatable bonds is 2. The van der Waals surface area contributed by atoms with Gasteiger partial charge < -0.3 is 0 Å². The Morgan fingerprint density at radius 1 is 1.41 bits per heavy atom. The maximum absolute atomic E-state index is 12.6. The van der Waals surface area contributed by atoms with Crippen LogP contribution in [0.1, 0.15) is 23.1 Å². The Morgan fingerprint density at radius 3 is 2.41 bits per heavy atom. The Hall–Kier alpha value is -1.42. The van der Waals surface area contributed by atoms with Crippen molar-refractivity contribution in [2.45, 2.75) is 19.0 Å². The summed E-state index contributed by atoms with van der Waals surface area (Å²) in [7, 11) is 0. The minimum atomic E-state index is -5.01. The van der Waals surface area contributed by atoms with Crippen LogP contribution in [-0.2, 0) is 12.6 Å². The lowest BCUT2D eigenvalue weighted by atomic mass is 10.0. The van der Waals surface area contributed by atoms with Crippen LogP contribution in [0.4, 0.5) is 22.0 Å². The molecule has 0 unspecified atom stereocenters. The number of aromatic nitrogens is 1. The van der Waals surface area contributed by atoms with Crippen LogP contribution in [0.2, 0.25) is 5.15 Å². The van der Waals surface area contributed by atoms with E-state index in [1.165, 1.54) is 6.07 Å². The van der Waals surface area contributed by atoms with Gasteiger partial charge >= 0.3 is 6.18 Å². The lowest BCUT2D eigenvalue weighted by molar-refractivity contribution is -0.140. The Kier molecular flexibility index (Phi) is 3.88. The highest BCUT2D eigenvalue weighted by Gasteiger charge is 2.39. The SMILES string of the molecule is N#CCc1c(Cl)ncc(C(F)F)c1C(F)(F)F. The van der Waals surface area contributed by atoms with Crippen LogP contribution in [0.3, 0.4) is 0 Å². The van der Waals surface area contributed by atoms with E-state index in [9.17, 15) is 22.0 Å². The highest BCUT2D eigenvalue weighted by atomic mass is 35.5. The van der Waals surface area contributed by atoms with Crippen LogP contribution in [0.15, 0.2) is 6.20 Å². The fourth-order valence-electron chi connectivity index (χ4n) is 1.29. The van der Waals surface area contributed by atoms with Gasteiger partial charge in [-0.15, -0.1) is 0 Å². The number of halogens is 6. The van der Waals surface area contributed by atoms with Crippen LogP contribution in [-0.4, -0.2) is 4.98 Å². The average molecular weight is 271 g/mol. The third-order valence-corrected chi connectivity index (χ3v) is 2.26. The molecule has 0 fully saturated rings. The van der Waals surface area contributed by atoms with Gasteiger partial charge in [-0.25, -0.2) is 13.8 Å². The number of hydrogen-bond acceptors (Lipinski definition) is 2. The van der Waals surface area contributed by atoms with Crippen molar-refractivity contribution in [1.82, 2.24) is 4.98 Å². The molecule has 0 aliphatic rings. The lowest BCUT2D eigenvalue weighted by Crippen LogP contribution is -2.14. The van der Waals surface area contributed by atoms with Crippen molar-refractivity contribution in [1.29, 1.82) is 5.26 Å². The zero-order valence-corrected chi connectivity index (χ0v) is 8.78. The van der Waals surface area contributed by atoms with Crippen LogP contribution < -0.4 is 0 Å². The van der Waals surface area contributed by atoms with Gasteiger partial charge in [-0.2, -0.15) is 18.4 Å². The Labute approximate surface area is 97.6 Å². The summed E-state index contributed by atoms with van der Waals surface area (Å²) in [6.45, 7) is 0. The highest BCUT2D eigenvalue weighted by Crippen LogP contribution is 2.40. The van der Waals surface area contributed by atoms with Gasteiger partial charge in [0.15, 0.2) is 0 Å². The Balaban J connectivity index is 3.57. The summed E-state index contributed by atoms with van der Waals surface area (Å²) < 4.78 is 62.8. The number of pyridine rings is 1. The third-order valence-electron chi connectivity index (χ3n) is 1.93. The number of hydrogen-bond donors (Lipinski definition) is 0. The first-order valence-corrected chi connectivity index (χ1v) is 4.56. The van der Waals surface area contributed by atoms with Crippen LogP contribution >= 0.6 is 11.6 Å². The summed E-state index contributed by atoms with van der Waals surface area (Å²) in [5.74, 6) is 0. The largest absolute Gasteiger partial charge is 0.417 e. The number of nitrogens with zero attached hydrogens (tertiary/aromatic N) is 2. The monoisotopic (exact) mass is 270 g/mol. The molecule has 0 amide bonds. The summed E-state index contributed by atoms with van der Waals surface area (Å²) in [6, 6.07) is 1.43. The molecule has 0 aliphatic carbocycles. The summed E-state index contributed by atoms with van der Waals surface area (Å²) in [5.41, 5.74) is -3.57. The molecule has 0 saturated heterocycles. The molecular weight excluding hydrogens is 267 g/mol. The van der Waals surface area contributed by atoms with E-state index in [0.717, 1.165) is 0 Å². The van der Waals surface area contributed by atoms with E-state index in [2.05, 4.69) is 4.98 Å². The van der Waals surface area contributed by atoms with E-state index in [1.807, 2.05) is 0 Å². The van der Waals surface area contributed by atoms with E-state index in [1.54, 1.807) is 0 Å². The first kappa shape index (κ1) is 13.6. The quantitative estimate of drug-likeness (QED) is 0.606. The smallest absolute Gasteiger partial charge is 0.244 e. The van der Waals surface area contributed by atoms with Gasteiger partial charge in [0.1, 0.15) is 5.15 Å². The fourth-order valence-corrected chi connectivity index (χ4v) is 1.50. The third kappa shape index (κ3) is 2.82. The Bertz CT molecular complexity index is 464. The molecule has 0 radical (unpaired) electrons. The van der Waals surface area contributed by atoms with Crippen LogP contribution in [0, 0.1) is 11.3 Å². The van der Waals surface area contributed by atoms with E-state index in [-0.39, 0.29) is 0 Å². The Morgan fingerprint density at radius 2 is 2.00 bits per heavy atom. The van der Waals surface area contributed by atoms with Gasteiger partial charge in [0.05, 0.1) is 18.1 Å². The molecule has 17 heavy (non-hydrogen) atoms. The van der Waals surface area contributed by atoms with Gasteiger partial charge in [0.25, 0.3) is 6.43 Å². The van der Waals surface area contributed by atoms with Gasteiger partial charge in [0, 0.05) is 17.3 Å². The molecule has 2 nitrogen and oxygen atoms in total. The predicted octanol–water partition coefficient (Wildman–Crippen LogP) is 3.76. The first-order valence-electron chi connectivity index (χ1n) is 4.18. The maximum atomic E-state index is 12.6. The second-order valence-electron chi connectivity index (χ2n) is 2.99. The molecular formula is C9H4ClF5N2. The lowest BCUT2D eigenvalue weighted by Gasteiger charge is -2.16. The van der Waals surface area contributed by atoms with Crippen molar-refractivity contribution < 1.29 is 22.0 Å². The van der Waals surface area contributed by atoms with Gasteiger partial charge in [-0.1, -0.05) is 11.6 Å². The van der Waals surface area contributed by atoms with Crippen LogP contribution in [0.5, 0.6) is 0 Å². The van der Waals surface area contributed by atoms with Crippen molar-refractivity contribution in [3.63, 3.8) is 0 Å². The molecule has 92 valence electrons. The second kappa shape index (κ2) is 4.84. The normalized spacial score (nSPS) is 11.6. The van der Waals surface area contributed by atoms with Crippen molar-refractivity contribution in [2.75, 3.05) is 0 Å². The molecule has 0 spiro atoms. The summed E-state index contributed by atoms with van der Waals surface area (Å²) in [4.78, 5) is 3.23. The van der Waals surface area contributed by atoms with E-state index >= 15 is 0 Å². The second-order valence-corrected chi connectivity index (χ2v) is 3.35. The molecule has 1 heterocycles. The molecule has 0 aliphatic heterocycles. The van der Waals surface area contributed by atoms with Crippen molar-refractivity contribution in [3.05, 3.63) is 28.0 Å². The molecule has 1 aromatic heterocycles. The van der Waals surface area contributed by atoms with E-state index in [0.29, 0.717) is 6.20 Å². The minimum Gasteiger partial charge on any atom is -0.244 e. The zero-order valence-electron chi connectivity index (χ0n) is 8.02. The zero-order chi connectivity index (χ0) is 13.2. The van der Waals surface area contributed by atoms with Crippen LogP contribution in [0.25, 0.3) is 0 Å². The molecule has 0 bridgehead atoms.